The van der Waals surface area contributed by atoms with Crippen LogP contribution >= 0.6 is 11.6 Å². The maximum Gasteiger partial charge on any atom is 0.227 e. The molecule has 0 unspecified atom stereocenters. The highest BCUT2D eigenvalue weighted by Gasteiger charge is 2.24. The lowest BCUT2D eigenvalue weighted by atomic mass is 9.96. The van der Waals surface area contributed by atoms with Crippen molar-refractivity contribution in [2.45, 2.75) is 32.6 Å². The number of halogens is 1. The zero-order chi connectivity index (χ0) is 12.3. The van der Waals surface area contributed by atoms with Crippen LogP contribution < -0.4 is 4.90 Å². The fraction of sp³-hybridized carbons (Fsp3) is 0.500. The Bertz CT molecular complexity index is 417. The van der Waals surface area contributed by atoms with Gasteiger partial charge in [-0.15, -0.1) is 11.6 Å². The van der Waals surface area contributed by atoms with E-state index in [4.69, 9.17) is 11.6 Å². The SMILES string of the molecule is Cc1cccc2c1CCC(=O)N2CCCCCl. The first-order valence-corrected chi connectivity index (χ1v) is 6.72. The molecule has 1 amide bonds. The van der Waals surface area contributed by atoms with Gasteiger partial charge in [0.15, 0.2) is 0 Å². The molecule has 0 aliphatic carbocycles. The van der Waals surface area contributed by atoms with E-state index in [0.29, 0.717) is 12.3 Å². The second kappa shape index (κ2) is 5.54. The van der Waals surface area contributed by atoms with Gasteiger partial charge in [-0.3, -0.25) is 4.79 Å². The second-order valence-electron chi connectivity index (χ2n) is 4.51. The van der Waals surface area contributed by atoms with Crippen molar-refractivity contribution in [2.24, 2.45) is 0 Å². The Balaban J connectivity index is 2.21. The van der Waals surface area contributed by atoms with E-state index in [1.54, 1.807) is 0 Å². The van der Waals surface area contributed by atoms with Crippen LogP contribution in [0.25, 0.3) is 0 Å². The zero-order valence-electron chi connectivity index (χ0n) is 10.2. The summed E-state index contributed by atoms with van der Waals surface area (Å²) in [5.74, 6) is 0.917. The lowest BCUT2D eigenvalue weighted by Gasteiger charge is -2.30. The van der Waals surface area contributed by atoms with Gasteiger partial charge in [0, 0.05) is 24.5 Å². The molecule has 0 bridgehead atoms. The summed E-state index contributed by atoms with van der Waals surface area (Å²) in [6.45, 7) is 2.91. The smallest absolute Gasteiger partial charge is 0.227 e. The van der Waals surface area contributed by atoms with Gasteiger partial charge in [-0.05, 0) is 43.4 Å². The van der Waals surface area contributed by atoms with Crippen molar-refractivity contribution < 1.29 is 4.79 Å². The Morgan fingerprint density at radius 1 is 1.29 bits per heavy atom. The molecule has 2 rings (SSSR count). The number of carbonyl (C=O) groups is 1. The van der Waals surface area contributed by atoms with Crippen molar-refractivity contribution >= 4 is 23.2 Å². The van der Waals surface area contributed by atoms with Crippen LogP contribution in [-0.2, 0) is 11.2 Å². The van der Waals surface area contributed by atoms with E-state index in [9.17, 15) is 4.79 Å². The highest BCUT2D eigenvalue weighted by molar-refractivity contribution is 6.17. The van der Waals surface area contributed by atoms with Gasteiger partial charge in [0.1, 0.15) is 0 Å². The van der Waals surface area contributed by atoms with Crippen LogP contribution in [0.2, 0.25) is 0 Å². The fourth-order valence-electron chi connectivity index (χ4n) is 2.38. The van der Waals surface area contributed by atoms with Crippen LogP contribution in [0.3, 0.4) is 0 Å². The first-order chi connectivity index (χ1) is 8.24. The lowest BCUT2D eigenvalue weighted by Crippen LogP contribution is -2.36. The Morgan fingerprint density at radius 3 is 2.88 bits per heavy atom. The van der Waals surface area contributed by atoms with E-state index in [0.717, 1.165) is 31.5 Å². The summed E-state index contributed by atoms with van der Waals surface area (Å²) < 4.78 is 0. The lowest BCUT2D eigenvalue weighted by molar-refractivity contribution is -0.118. The number of rotatable bonds is 4. The molecule has 1 aromatic carbocycles. The standard InChI is InChI=1S/C14H18ClNO/c1-11-5-4-6-13-12(11)7-8-14(17)16(13)10-3-2-9-15/h4-6H,2-3,7-10H2,1H3. The predicted molar refractivity (Wildman–Crippen MR) is 71.8 cm³/mol. The van der Waals surface area contributed by atoms with Gasteiger partial charge in [-0.1, -0.05) is 12.1 Å². The quantitative estimate of drug-likeness (QED) is 0.594. The number of alkyl halides is 1. The molecule has 0 saturated heterocycles. The molecular formula is C14H18ClNO. The van der Waals surface area contributed by atoms with E-state index in [1.165, 1.54) is 11.1 Å². The van der Waals surface area contributed by atoms with E-state index in [1.807, 2.05) is 11.0 Å². The van der Waals surface area contributed by atoms with Crippen LogP contribution in [0, 0.1) is 6.92 Å². The highest BCUT2D eigenvalue weighted by atomic mass is 35.5. The number of hydrogen-bond donors (Lipinski definition) is 0. The summed E-state index contributed by atoms with van der Waals surface area (Å²) in [6.07, 6.45) is 3.46. The largest absolute Gasteiger partial charge is 0.312 e. The van der Waals surface area contributed by atoms with E-state index < -0.39 is 0 Å². The molecule has 0 aromatic heterocycles. The number of carbonyl (C=O) groups excluding carboxylic acids is 1. The van der Waals surface area contributed by atoms with E-state index >= 15 is 0 Å². The van der Waals surface area contributed by atoms with Crippen LogP contribution in [-0.4, -0.2) is 18.3 Å². The molecule has 92 valence electrons. The normalized spacial score (nSPS) is 14.9. The highest BCUT2D eigenvalue weighted by Crippen LogP contribution is 2.30. The summed E-state index contributed by atoms with van der Waals surface area (Å²) in [5, 5.41) is 0. The zero-order valence-corrected chi connectivity index (χ0v) is 11.0. The van der Waals surface area contributed by atoms with Crippen molar-refractivity contribution in [1.29, 1.82) is 0 Å². The molecule has 1 heterocycles. The van der Waals surface area contributed by atoms with Crippen LogP contribution in [0.1, 0.15) is 30.4 Å². The average molecular weight is 252 g/mol. The third-order valence-corrected chi connectivity index (χ3v) is 3.60. The summed E-state index contributed by atoms with van der Waals surface area (Å²) >= 11 is 5.68. The van der Waals surface area contributed by atoms with Crippen molar-refractivity contribution in [3.63, 3.8) is 0 Å². The van der Waals surface area contributed by atoms with Gasteiger partial charge in [0.05, 0.1) is 0 Å². The van der Waals surface area contributed by atoms with E-state index in [2.05, 4.69) is 19.1 Å². The Labute approximate surface area is 108 Å². The molecule has 1 aliphatic heterocycles. The molecule has 0 atom stereocenters. The van der Waals surface area contributed by atoms with Crippen molar-refractivity contribution in [2.75, 3.05) is 17.3 Å². The maximum atomic E-state index is 12.0. The van der Waals surface area contributed by atoms with Gasteiger partial charge < -0.3 is 4.90 Å². The number of anilines is 1. The number of amides is 1. The Morgan fingerprint density at radius 2 is 2.12 bits per heavy atom. The van der Waals surface area contributed by atoms with Crippen molar-refractivity contribution in [3.8, 4) is 0 Å². The van der Waals surface area contributed by atoms with Crippen LogP contribution in [0.5, 0.6) is 0 Å². The summed E-state index contributed by atoms with van der Waals surface area (Å²) in [6, 6.07) is 6.20. The first-order valence-electron chi connectivity index (χ1n) is 6.19. The van der Waals surface area contributed by atoms with E-state index in [-0.39, 0.29) is 5.91 Å². The third kappa shape index (κ3) is 2.63. The predicted octanol–water partition coefficient (Wildman–Crippen LogP) is 3.29. The number of benzene rings is 1. The number of nitrogens with zero attached hydrogens (tertiary/aromatic N) is 1. The number of hydrogen-bond acceptors (Lipinski definition) is 1. The number of aryl methyl sites for hydroxylation is 1. The molecule has 0 fully saturated rings. The molecule has 2 nitrogen and oxygen atoms in total. The molecule has 0 spiro atoms. The van der Waals surface area contributed by atoms with Crippen molar-refractivity contribution in [1.82, 2.24) is 0 Å². The Kier molecular flexibility index (Phi) is 4.06. The maximum absolute atomic E-state index is 12.0. The molecule has 0 N–H and O–H groups in total. The number of fused-ring (bicyclic) bond motifs is 1. The molecule has 0 saturated carbocycles. The summed E-state index contributed by atoms with van der Waals surface area (Å²) in [7, 11) is 0. The molecule has 1 aromatic rings. The summed E-state index contributed by atoms with van der Waals surface area (Å²) in [4.78, 5) is 13.9. The molecule has 3 heteroatoms. The van der Waals surface area contributed by atoms with Gasteiger partial charge >= 0.3 is 0 Å². The topological polar surface area (TPSA) is 20.3 Å². The van der Waals surface area contributed by atoms with Crippen LogP contribution in [0.15, 0.2) is 18.2 Å². The minimum absolute atomic E-state index is 0.248. The Hall–Kier alpha value is -1.02. The molecule has 0 radical (unpaired) electrons. The number of unbranched alkanes of at least 4 members (excludes halogenated alkanes) is 1. The second-order valence-corrected chi connectivity index (χ2v) is 4.89. The first kappa shape index (κ1) is 12.4. The van der Waals surface area contributed by atoms with Crippen LogP contribution in [0.4, 0.5) is 5.69 Å². The minimum atomic E-state index is 0.248. The molecule has 1 aliphatic rings. The van der Waals surface area contributed by atoms with Gasteiger partial charge in [0.2, 0.25) is 5.91 Å². The minimum Gasteiger partial charge on any atom is -0.312 e. The molecular weight excluding hydrogens is 234 g/mol. The van der Waals surface area contributed by atoms with Gasteiger partial charge in [0.25, 0.3) is 0 Å². The average Bonchev–Trinajstić information content (AvgIpc) is 2.32. The van der Waals surface area contributed by atoms with Gasteiger partial charge in [-0.25, -0.2) is 0 Å². The monoisotopic (exact) mass is 251 g/mol. The van der Waals surface area contributed by atoms with Gasteiger partial charge in [-0.2, -0.15) is 0 Å². The van der Waals surface area contributed by atoms with Crippen molar-refractivity contribution in [3.05, 3.63) is 29.3 Å². The fourth-order valence-corrected chi connectivity index (χ4v) is 2.56. The summed E-state index contributed by atoms with van der Waals surface area (Å²) in [5.41, 5.74) is 3.73. The molecule has 17 heavy (non-hydrogen) atoms. The third-order valence-electron chi connectivity index (χ3n) is 3.33.